The van der Waals surface area contributed by atoms with Crippen LogP contribution in [0.3, 0.4) is 0 Å². The van der Waals surface area contributed by atoms with Crippen LogP contribution in [0.4, 0.5) is 0 Å². The minimum atomic E-state index is -0.668. The van der Waals surface area contributed by atoms with E-state index >= 15 is 0 Å². The van der Waals surface area contributed by atoms with Gasteiger partial charge in [-0.05, 0) is 32.9 Å². The van der Waals surface area contributed by atoms with Gasteiger partial charge in [-0.25, -0.2) is 9.97 Å². The molecule has 0 radical (unpaired) electrons. The maximum absolute atomic E-state index is 12.9. The zero-order valence-corrected chi connectivity index (χ0v) is 18.6. The van der Waals surface area contributed by atoms with Gasteiger partial charge in [-0.1, -0.05) is 32.9 Å². The molecule has 3 aromatic heterocycles. The maximum Gasteiger partial charge on any atom is 0.316 e. The normalized spacial score (nSPS) is 12.5. The molecule has 0 aliphatic heterocycles. The number of hydrogen-bond acceptors (Lipinski definition) is 5. The molecule has 0 atom stereocenters. The Morgan fingerprint density at radius 3 is 2.39 bits per heavy atom. The summed E-state index contributed by atoms with van der Waals surface area (Å²) in [5, 5.41) is 0.775. The third-order valence-corrected chi connectivity index (χ3v) is 5.03. The van der Waals surface area contributed by atoms with E-state index < -0.39 is 10.8 Å². The molecule has 0 saturated carbocycles. The number of carbonyl (C=O) groups excluding carboxylic acids is 2. The van der Waals surface area contributed by atoms with Crippen molar-refractivity contribution in [3.05, 3.63) is 42.2 Å². The van der Waals surface area contributed by atoms with Crippen molar-refractivity contribution in [2.75, 3.05) is 0 Å². The number of aromatic amines is 2. The lowest BCUT2D eigenvalue weighted by Crippen LogP contribution is -2.25. The second-order valence-electron chi connectivity index (χ2n) is 9.75. The van der Waals surface area contributed by atoms with Gasteiger partial charge >= 0.3 is 5.97 Å². The lowest BCUT2D eigenvalue weighted by atomic mass is 9.87. The van der Waals surface area contributed by atoms with Crippen LogP contribution in [0.1, 0.15) is 51.9 Å². The van der Waals surface area contributed by atoms with Crippen molar-refractivity contribution in [3.8, 4) is 17.1 Å². The predicted octanol–water partition coefficient (Wildman–Crippen LogP) is 5.29. The molecular formula is C24H26N4O3. The van der Waals surface area contributed by atoms with Crippen molar-refractivity contribution < 1.29 is 14.3 Å². The number of fused-ring (bicyclic) bond motifs is 2. The average molecular weight is 418 g/mol. The van der Waals surface area contributed by atoms with Crippen molar-refractivity contribution in [2.45, 2.75) is 41.5 Å². The van der Waals surface area contributed by atoms with Crippen LogP contribution >= 0.6 is 0 Å². The summed E-state index contributed by atoms with van der Waals surface area (Å²) in [7, 11) is 0. The van der Waals surface area contributed by atoms with Crippen LogP contribution < -0.4 is 4.74 Å². The Hall–Kier alpha value is -3.48. The molecule has 7 heteroatoms. The number of H-pyrrole nitrogens is 2. The number of nitrogens with one attached hydrogen (secondary N) is 2. The summed E-state index contributed by atoms with van der Waals surface area (Å²) < 4.78 is 5.83. The highest BCUT2D eigenvalue weighted by Gasteiger charge is 2.29. The zero-order chi connectivity index (χ0) is 22.6. The average Bonchev–Trinajstić information content (AvgIpc) is 3.27. The number of nitrogens with zero attached hydrogens (tertiary/aromatic N) is 2. The largest absolute Gasteiger partial charge is 0.423 e. The van der Waals surface area contributed by atoms with Crippen molar-refractivity contribution in [2.24, 2.45) is 10.8 Å². The Bertz CT molecular complexity index is 1320. The zero-order valence-electron chi connectivity index (χ0n) is 18.6. The van der Waals surface area contributed by atoms with Crippen LogP contribution in [-0.4, -0.2) is 31.7 Å². The topological polar surface area (TPSA) is 101 Å². The van der Waals surface area contributed by atoms with Crippen LogP contribution in [0.25, 0.3) is 33.5 Å². The molecule has 0 unspecified atom stereocenters. The van der Waals surface area contributed by atoms with E-state index in [4.69, 9.17) is 9.72 Å². The van der Waals surface area contributed by atoms with Gasteiger partial charge in [0.05, 0.1) is 17.2 Å². The Balaban J connectivity index is 1.90. The smallest absolute Gasteiger partial charge is 0.316 e. The van der Waals surface area contributed by atoms with E-state index in [1.54, 1.807) is 33.2 Å². The highest BCUT2D eigenvalue weighted by atomic mass is 16.5. The fourth-order valence-corrected chi connectivity index (χ4v) is 3.24. The van der Waals surface area contributed by atoms with Gasteiger partial charge in [-0.2, -0.15) is 0 Å². The van der Waals surface area contributed by atoms with Gasteiger partial charge in [0.15, 0.2) is 17.2 Å². The summed E-state index contributed by atoms with van der Waals surface area (Å²) in [5.74, 6) is 0.0300. The second kappa shape index (κ2) is 7.04. The first-order valence-electron chi connectivity index (χ1n) is 10.2. The number of para-hydroxylation sites is 1. The van der Waals surface area contributed by atoms with E-state index in [-0.39, 0.29) is 11.8 Å². The summed E-state index contributed by atoms with van der Waals surface area (Å²) >= 11 is 0. The molecule has 0 bridgehead atoms. The quantitative estimate of drug-likeness (QED) is 0.348. The number of ether oxygens (including phenoxy) is 1. The number of benzene rings is 1. The Labute approximate surface area is 180 Å². The van der Waals surface area contributed by atoms with Gasteiger partial charge in [0.25, 0.3) is 0 Å². The third kappa shape index (κ3) is 3.71. The molecule has 0 aliphatic rings. The molecule has 7 nitrogen and oxygen atoms in total. The van der Waals surface area contributed by atoms with Crippen LogP contribution in [-0.2, 0) is 4.79 Å². The van der Waals surface area contributed by atoms with Crippen LogP contribution in [0, 0.1) is 10.8 Å². The minimum absolute atomic E-state index is 0.0266. The fourth-order valence-electron chi connectivity index (χ4n) is 3.24. The molecule has 3 heterocycles. The number of esters is 1. The van der Waals surface area contributed by atoms with Gasteiger partial charge < -0.3 is 14.7 Å². The maximum atomic E-state index is 12.9. The van der Waals surface area contributed by atoms with Crippen molar-refractivity contribution in [1.82, 2.24) is 19.9 Å². The number of rotatable bonds is 3. The number of aromatic nitrogens is 4. The Morgan fingerprint density at radius 2 is 1.71 bits per heavy atom. The molecule has 2 N–H and O–H groups in total. The molecule has 4 rings (SSSR count). The standard InChI is InChI=1S/C24H26N4O3/c1-23(2,3)20(29)14-11-25-21-17(14)28-16(12-26-21)18-19(31-22(30)24(4,5)6)13-9-7-8-10-15(13)27-18/h7-12,27H,1-6H3,(H,25,26). The highest BCUT2D eigenvalue weighted by molar-refractivity contribution is 6.08. The third-order valence-electron chi connectivity index (χ3n) is 5.03. The van der Waals surface area contributed by atoms with E-state index in [2.05, 4.69) is 15.0 Å². The molecule has 0 saturated heterocycles. The van der Waals surface area contributed by atoms with Gasteiger partial charge in [0, 0.05) is 22.5 Å². The molecule has 31 heavy (non-hydrogen) atoms. The number of carbonyl (C=O) groups is 2. The van der Waals surface area contributed by atoms with E-state index in [1.807, 2.05) is 45.0 Å². The second-order valence-corrected chi connectivity index (χ2v) is 9.75. The summed E-state index contributed by atoms with van der Waals surface area (Å²) in [6.45, 7) is 11.0. The molecule has 4 aromatic rings. The summed E-state index contributed by atoms with van der Waals surface area (Å²) in [6, 6.07) is 7.58. The summed E-state index contributed by atoms with van der Waals surface area (Å²) in [6.07, 6.45) is 3.25. The number of hydrogen-bond donors (Lipinski definition) is 2. The first-order valence-corrected chi connectivity index (χ1v) is 10.2. The molecule has 1 aromatic carbocycles. The predicted molar refractivity (Wildman–Crippen MR) is 120 cm³/mol. The lowest BCUT2D eigenvalue weighted by molar-refractivity contribution is -0.142. The molecule has 160 valence electrons. The molecule has 0 amide bonds. The summed E-state index contributed by atoms with van der Waals surface area (Å²) in [5.41, 5.74) is 2.13. The SMILES string of the molecule is CC(C)(C)C(=O)Oc1c(-c2cnc3[nH]cc(C(=O)C(C)(C)C)c3n2)[nH]c2ccccc12. The monoisotopic (exact) mass is 418 g/mol. The lowest BCUT2D eigenvalue weighted by Gasteiger charge is -2.17. The van der Waals surface area contributed by atoms with Gasteiger partial charge in [0.2, 0.25) is 0 Å². The van der Waals surface area contributed by atoms with Crippen molar-refractivity contribution >= 4 is 33.8 Å². The van der Waals surface area contributed by atoms with E-state index in [1.165, 1.54) is 0 Å². The van der Waals surface area contributed by atoms with E-state index in [9.17, 15) is 9.59 Å². The fraction of sp³-hybridized carbons (Fsp3) is 0.333. The number of Topliss-reactive ketones (excluding diaryl/α,β-unsaturated/α-hetero) is 1. The highest BCUT2D eigenvalue weighted by Crippen LogP contribution is 2.38. The van der Waals surface area contributed by atoms with Crippen LogP contribution in [0.15, 0.2) is 36.7 Å². The Kier molecular flexibility index (Phi) is 4.72. The molecule has 0 fully saturated rings. The van der Waals surface area contributed by atoms with Gasteiger partial charge in [-0.3, -0.25) is 9.59 Å². The first-order chi connectivity index (χ1) is 14.5. The van der Waals surface area contributed by atoms with Gasteiger partial charge in [0.1, 0.15) is 16.9 Å². The van der Waals surface area contributed by atoms with Crippen LogP contribution in [0.2, 0.25) is 0 Å². The van der Waals surface area contributed by atoms with Crippen molar-refractivity contribution in [1.29, 1.82) is 0 Å². The minimum Gasteiger partial charge on any atom is -0.423 e. The van der Waals surface area contributed by atoms with E-state index in [0.717, 1.165) is 10.9 Å². The van der Waals surface area contributed by atoms with Crippen molar-refractivity contribution in [3.63, 3.8) is 0 Å². The van der Waals surface area contributed by atoms with Crippen LogP contribution in [0.5, 0.6) is 5.75 Å². The molecular weight excluding hydrogens is 392 g/mol. The first kappa shape index (κ1) is 20.8. The van der Waals surface area contributed by atoms with E-state index in [0.29, 0.717) is 33.9 Å². The van der Waals surface area contributed by atoms with Gasteiger partial charge in [-0.15, -0.1) is 0 Å². The summed E-state index contributed by atoms with van der Waals surface area (Å²) in [4.78, 5) is 41.1. The molecule has 0 spiro atoms. The Morgan fingerprint density at radius 1 is 1.00 bits per heavy atom. The number of ketones is 1. The molecule has 0 aliphatic carbocycles.